The number of benzene rings is 2. The third-order valence-electron chi connectivity index (χ3n) is 16.7. The van der Waals surface area contributed by atoms with Gasteiger partial charge in [-0.1, -0.05) is 93.6 Å². The molecule has 4 aliphatic heterocycles. The van der Waals surface area contributed by atoms with Gasteiger partial charge in [-0.15, -0.1) is 0 Å². The maximum Gasteiger partial charge on any atom is 0.472 e. The fourth-order valence-corrected chi connectivity index (χ4v) is 18.8. The minimum absolute atomic E-state index is 0.0139. The summed E-state index contributed by atoms with van der Waals surface area (Å²) in [5, 5.41) is 21.8. The van der Waals surface area contributed by atoms with Crippen LogP contribution in [0.2, 0.25) is 5.04 Å². The highest BCUT2D eigenvalue weighted by molar-refractivity contribution is 7.47. The Morgan fingerprint density at radius 1 is 0.615 bits per heavy atom. The fraction of sp³-hybridized carbons (Fsp3) is 0.559. The van der Waals surface area contributed by atoms with Crippen molar-refractivity contribution in [3.63, 3.8) is 0 Å². The van der Waals surface area contributed by atoms with Crippen LogP contribution in [-0.4, -0.2) is 172 Å². The highest BCUT2D eigenvalue weighted by Crippen LogP contribution is 2.54. The lowest BCUT2D eigenvalue weighted by Crippen LogP contribution is -2.68. The molecule has 498 valence electrons. The summed E-state index contributed by atoms with van der Waals surface area (Å²) in [5.74, 6) is 0. The molecule has 0 aliphatic carbocycles. The van der Waals surface area contributed by atoms with E-state index in [9.17, 15) is 48.2 Å². The van der Waals surface area contributed by atoms with Crippen LogP contribution in [0.5, 0.6) is 0 Å². The Balaban J connectivity index is 1.04. The van der Waals surface area contributed by atoms with E-state index in [-0.39, 0.29) is 36.0 Å². The summed E-state index contributed by atoms with van der Waals surface area (Å²) in [6.07, 6.45) is -5.69. The molecular formula is C59H84N10O19P2Si. The van der Waals surface area contributed by atoms with Gasteiger partial charge in [0.1, 0.15) is 55.3 Å². The second-order valence-corrected chi connectivity index (χ2v) is 31.2. The van der Waals surface area contributed by atoms with Crippen LogP contribution in [0.3, 0.4) is 0 Å². The minimum Gasteiger partial charge on any atom is -0.402 e. The van der Waals surface area contributed by atoms with Crippen molar-refractivity contribution in [3.05, 3.63) is 171 Å². The summed E-state index contributed by atoms with van der Waals surface area (Å²) in [6.45, 7) is 16.2. The van der Waals surface area contributed by atoms with Crippen LogP contribution in [0.4, 0.5) is 0 Å². The summed E-state index contributed by atoms with van der Waals surface area (Å²) in [4.78, 5) is 110. The number of aryl methyl sites for hydroxylation is 3. The van der Waals surface area contributed by atoms with Crippen molar-refractivity contribution in [2.24, 2.45) is 0 Å². The lowest BCUT2D eigenvalue weighted by Gasteiger charge is -2.45. The molecule has 9 rings (SSSR count). The number of aromatic nitrogens is 6. The Morgan fingerprint density at radius 3 is 1.54 bits per heavy atom. The number of aromatic amines is 3. The molecule has 4 aliphatic rings. The molecule has 5 aromatic rings. The van der Waals surface area contributed by atoms with Crippen molar-refractivity contribution in [1.82, 2.24) is 49.5 Å². The molecule has 12 atom stereocenters. The molecule has 9 N–H and O–H groups in total. The molecule has 32 heteroatoms. The molecule has 29 nitrogen and oxygen atoms in total. The zero-order valence-electron chi connectivity index (χ0n) is 51.8. The second kappa shape index (κ2) is 30.6. The monoisotopic (exact) mass is 1330 g/mol. The summed E-state index contributed by atoms with van der Waals surface area (Å²) in [7, 11) is -14.2. The number of nitrogens with one attached hydrogen (secondary N) is 6. The quantitative estimate of drug-likeness (QED) is 0.0252. The van der Waals surface area contributed by atoms with E-state index < -0.39 is 144 Å². The van der Waals surface area contributed by atoms with Gasteiger partial charge >= 0.3 is 32.7 Å². The van der Waals surface area contributed by atoms with Crippen molar-refractivity contribution in [3.8, 4) is 0 Å². The highest BCUT2D eigenvalue weighted by atomic mass is 31.2. The zero-order chi connectivity index (χ0) is 65.3. The molecule has 0 saturated carbocycles. The molecule has 0 radical (unpaired) electrons. The lowest BCUT2D eigenvalue weighted by atomic mass is 10.0. The van der Waals surface area contributed by atoms with E-state index in [0.717, 1.165) is 71.9 Å². The third kappa shape index (κ3) is 17.4. The summed E-state index contributed by atoms with van der Waals surface area (Å²) < 4.78 is 82.6. The van der Waals surface area contributed by atoms with Gasteiger partial charge in [0, 0.05) is 113 Å². The Morgan fingerprint density at radius 2 is 1.05 bits per heavy atom. The average Bonchev–Trinajstić information content (AvgIpc) is 1.54. The summed E-state index contributed by atoms with van der Waals surface area (Å²) >= 11 is 0. The van der Waals surface area contributed by atoms with Crippen LogP contribution in [0.25, 0.3) is 0 Å². The molecule has 2 aromatic carbocycles. The van der Waals surface area contributed by atoms with Gasteiger partial charge in [-0.3, -0.25) is 61.1 Å². The first-order chi connectivity index (χ1) is 43.3. The zero-order valence-corrected chi connectivity index (χ0v) is 54.6. The Bertz CT molecular complexity index is 3720. The van der Waals surface area contributed by atoms with E-state index in [1.807, 2.05) is 72.8 Å². The number of H-pyrrole nitrogens is 3. The normalized spacial score (nSPS) is 25.8. The van der Waals surface area contributed by atoms with Crippen LogP contribution in [0, 0.1) is 20.8 Å². The predicted molar refractivity (Wildman–Crippen MR) is 337 cm³/mol. The number of nitrogens with zero attached hydrogens (tertiary/aromatic N) is 4. The molecule has 4 fully saturated rings. The topological polar surface area (TPSA) is 373 Å². The van der Waals surface area contributed by atoms with Gasteiger partial charge < -0.3 is 54.4 Å². The van der Waals surface area contributed by atoms with Crippen LogP contribution in [0.15, 0.2) is 120 Å². The molecule has 0 spiro atoms. The lowest BCUT2D eigenvalue weighted by molar-refractivity contribution is -0.0843. The van der Waals surface area contributed by atoms with Gasteiger partial charge in [0.25, 0.3) is 25.0 Å². The molecule has 91 heavy (non-hydrogen) atoms. The first kappa shape index (κ1) is 69.6. The predicted octanol–water partition coefficient (Wildman–Crippen LogP) is 1.16. The van der Waals surface area contributed by atoms with E-state index in [2.05, 4.69) is 56.6 Å². The van der Waals surface area contributed by atoms with Crippen molar-refractivity contribution < 1.29 is 60.8 Å². The number of rotatable bonds is 23. The van der Waals surface area contributed by atoms with Crippen LogP contribution < -0.4 is 60.1 Å². The van der Waals surface area contributed by atoms with Crippen LogP contribution in [-0.2, 0) is 45.9 Å². The SMILES string of the molecule is Cc1cn([C@H]2C[C@H](O[Si](c3ccccc3)(c3ccccc3)C(C)(C)C)[C@@H]([C@H](C/C=C/CCN3CCNCCNCCNCC3)OP(=O)(O)O[C@H]3C[C@H](n4cc(C)c(=O)[nH]c4=O)O[C@@H]3COP(=O)(O)O[C@H]3C[C@H](n4cc(C)c(=O)[nH]c4=O)O[C@@H]3CO)O2)c(=O)[nH]c1=O. The van der Waals surface area contributed by atoms with E-state index >= 15 is 4.57 Å². The van der Waals surface area contributed by atoms with Gasteiger partial charge in [0.05, 0.1) is 19.3 Å². The van der Waals surface area contributed by atoms with Gasteiger partial charge in [-0.25, -0.2) is 23.5 Å². The van der Waals surface area contributed by atoms with Crippen molar-refractivity contribution in [2.75, 3.05) is 72.1 Å². The Hall–Kier alpha value is -5.70. The standard InChI is InChI=1S/C59H84N10O19P2Si/c1-38-33-67(56(74)63-53(38)71)49-30-44(47(36-70)82-49)86-89(77,78)81-37-48-45(31-50(83-48)68-34-39(2)54(72)64-57(68)75)87-90(79,80)85-43(20-14-9-15-27-66-28-25-61-23-21-60-22-24-62-26-29-66)52-46(32-51(84-52)69-35-40(3)55(73)65-58(69)76)88-91(59(4,5)6,41-16-10-7-11-17-41)42-18-12-8-13-19-42/h7-14,16-19,33-35,43-52,60-62,70H,15,20-32,36-37H2,1-6H3,(H,77,78)(H,79,80)(H,63,71,74)(H,64,72,75)(H,65,73,76)/b14-9+/t43-,44-,45-,46-,47+,48+,49+,50+,51+,52+/m0/s1. The maximum atomic E-state index is 15.2. The minimum atomic E-state index is -5.46. The molecule has 3 aromatic heterocycles. The first-order valence-electron chi connectivity index (χ1n) is 30.5. The van der Waals surface area contributed by atoms with Gasteiger partial charge in [0.15, 0.2) is 0 Å². The van der Waals surface area contributed by atoms with Gasteiger partial charge in [0.2, 0.25) is 0 Å². The molecule has 2 unspecified atom stereocenters. The van der Waals surface area contributed by atoms with Gasteiger partial charge in [-0.2, -0.15) is 0 Å². The van der Waals surface area contributed by atoms with E-state index in [0.29, 0.717) is 13.0 Å². The fourth-order valence-electron chi connectivity index (χ4n) is 12.0. The molecule has 7 heterocycles. The number of ether oxygens (including phenoxy) is 3. The van der Waals surface area contributed by atoms with E-state index in [4.69, 9.17) is 36.7 Å². The Labute approximate surface area is 525 Å². The number of hydrogen-bond donors (Lipinski definition) is 9. The number of hydrogen-bond acceptors (Lipinski definition) is 21. The smallest absolute Gasteiger partial charge is 0.402 e. The maximum absolute atomic E-state index is 15.2. The molecule has 0 bridgehead atoms. The highest BCUT2D eigenvalue weighted by Gasteiger charge is 2.56. The largest absolute Gasteiger partial charge is 0.472 e. The van der Waals surface area contributed by atoms with E-state index in [1.165, 1.54) is 37.0 Å². The summed E-state index contributed by atoms with van der Waals surface area (Å²) in [6, 6.07) is 19.5. The van der Waals surface area contributed by atoms with Crippen molar-refractivity contribution in [1.29, 1.82) is 0 Å². The van der Waals surface area contributed by atoms with Gasteiger partial charge in [-0.05, 0) is 49.0 Å². The number of aliphatic hydroxyl groups excluding tert-OH is 1. The second-order valence-electron chi connectivity index (χ2n) is 24.2. The van der Waals surface area contributed by atoms with Crippen LogP contribution in [0.1, 0.15) is 88.2 Å². The Kier molecular flexibility index (Phi) is 23.4. The van der Waals surface area contributed by atoms with Crippen LogP contribution >= 0.6 is 15.6 Å². The number of aliphatic hydroxyl groups is 1. The number of phosphoric acid groups is 2. The third-order valence-corrected chi connectivity index (χ3v) is 23.8. The van der Waals surface area contributed by atoms with Crippen molar-refractivity contribution >= 4 is 34.3 Å². The number of phosphoric ester groups is 2. The molecular weight excluding hydrogens is 1240 g/mol. The first-order valence-corrected chi connectivity index (χ1v) is 35.4. The van der Waals surface area contributed by atoms with E-state index in [1.54, 1.807) is 6.92 Å². The average molecular weight is 1330 g/mol. The molecule has 0 amide bonds. The molecule has 4 saturated heterocycles. The summed E-state index contributed by atoms with van der Waals surface area (Å²) in [5.41, 5.74) is -3.97. The van der Waals surface area contributed by atoms with Crippen molar-refractivity contribution in [2.45, 2.75) is 140 Å².